The molecule has 0 unspecified atom stereocenters. The van der Waals surface area contributed by atoms with Crippen LogP contribution in [0.2, 0.25) is 0 Å². The van der Waals surface area contributed by atoms with Gasteiger partial charge in [0.25, 0.3) is 5.91 Å². The average molecular weight is 495 g/mol. The van der Waals surface area contributed by atoms with E-state index in [0.29, 0.717) is 35.3 Å². The number of nitrogens with zero attached hydrogens (tertiary/aromatic N) is 4. The Kier molecular flexibility index (Phi) is 7.51. The van der Waals surface area contributed by atoms with Crippen molar-refractivity contribution >= 4 is 28.2 Å². The number of H-pyrrole nitrogens is 1. The van der Waals surface area contributed by atoms with Crippen LogP contribution in [-0.4, -0.2) is 72.8 Å². The van der Waals surface area contributed by atoms with Crippen molar-refractivity contribution in [3.63, 3.8) is 0 Å². The van der Waals surface area contributed by atoms with Crippen LogP contribution in [0.1, 0.15) is 75.8 Å². The molecular weight excluding hydrogens is 456 g/mol. The summed E-state index contributed by atoms with van der Waals surface area (Å²) in [5.41, 5.74) is 2.20. The van der Waals surface area contributed by atoms with Crippen molar-refractivity contribution in [2.24, 2.45) is 4.99 Å². The molecule has 4 rings (SSSR count). The first-order valence-electron chi connectivity index (χ1n) is 12.8. The Labute approximate surface area is 212 Å². The van der Waals surface area contributed by atoms with Crippen LogP contribution in [-0.2, 0) is 0 Å². The quantitative estimate of drug-likeness (QED) is 0.351. The van der Waals surface area contributed by atoms with Gasteiger partial charge in [0.05, 0.1) is 35.3 Å². The standard InChI is InChI=1S/C27H38N6O3/c1-6-22(30-19-14-29-33(15-19)20-9-11-32(12-10-20)17(2)3)24-21-13-18(7-8-23(21)31-26(24)35)25(34)28-16-27(4,5)36/h7-8,13-15,17,20,31,35-36H,6,9-12,16H2,1-5H3,(H,28,34). The van der Waals surface area contributed by atoms with E-state index in [1.807, 2.05) is 17.8 Å². The Morgan fingerprint density at radius 3 is 2.67 bits per heavy atom. The summed E-state index contributed by atoms with van der Waals surface area (Å²) in [5.74, 6) is -0.265. The molecule has 1 aliphatic rings. The highest BCUT2D eigenvalue weighted by Gasteiger charge is 2.23. The summed E-state index contributed by atoms with van der Waals surface area (Å²) in [4.78, 5) is 23.0. The molecule has 0 spiro atoms. The minimum absolute atomic E-state index is 0.0214. The lowest BCUT2D eigenvalue weighted by Crippen LogP contribution is -2.39. The van der Waals surface area contributed by atoms with Crippen molar-refractivity contribution in [1.29, 1.82) is 0 Å². The number of benzene rings is 1. The SMILES string of the molecule is CCC(=Nc1cnn(C2CCN(C(C)C)CC2)c1)c1c(O)[nH]c2ccc(C(=O)NCC(C)(C)O)cc12. The van der Waals surface area contributed by atoms with Gasteiger partial charge < -0.3 is 25.4 Å². The number of piperidine rings is 1. The van der Waals surface area contributed by atoms with E-state index in [0.717, 1.165) is 42.5 Å². The van der Waals surface area contributed by atoms with Crippen molar-refractivity contribution in [2.75, 3.05) is 19.6 Å². The Hall–Kier alpha value is -3.17. The van der Waals surface area contributed by atoms with Crippen molar-refractivity contribution in [3.05, 3.63) is 41.7 Å². The number of nitrogens with one attached hydrogen (secondary N) is 2. The normalized spacial score (nSPS) is 16.2. The zero-order valence-corrected chi connectivity index (χ0v) is 21.9. The number of aliphatic imine (C=N–C) groups is 1. The summed E-state index contributed by atoms with van der Waals surface area (Å²) in [5, 5.41) is 28.7. The molecule has 4 N–H and O–H groups in total. The maximum Gasteiger partial charge on any atom is 0.251 e. The molecule has 0 radical (unpaired) electrons. The molecule has 1 aromatic carbocycles. The van der Waals surface area contributed by atoms with Gasteiger partial charge in [-0.15, -0.1) is 0 Å². The fourth-order valence-corrected chi connectivity index (χ4v) is 4.73. The van der Waals surface area contributed by atoms with E-state index in [9.17, 15) is 15.0 Å². The zero-order chi connectivity index (χ0) is 26.0. The molecule has 1 fully saturated rings. The van der Waals surface area contributed by atoms with Gasteiger partial charge in [0.1, 0.15) is 5.69 Å². The Morgan fingerprint density at radius 1 is 1.31 bits per heavy atom. The lowest BCUT2D eigenvalue weighted by atomic mass is 10.0. The van der Waals surface area contributed by atoms with Crippen LogP contribution in [0, 0.1) is 0 Å². The summed E-state index contributed by atoms with van der Waals surface area (Å²) < 4.78 is 2.02. The van der Waals surface area contributed by atoms with E-state index in [1.165, 1.54) is 0 Å². The van der Waals surface area contributed by atoms with Crippen LogP contribution >= 0.6 is 0 Å². The smallest absolute Gasteiger partial charge is 0.251 e. The van der Waals surface area contributed by atoms with Gasteiger partial charge >= 0.3 is 0 Å². The lowest BCUT2D eigenvalue weighted by molar-refractivity contribution is 0.0694. The molecule has 9 nitrogen and oxygen atoms in total. The largest absolute Gasteiger partial charge is 0.494 e. The number of hydrogen-bond donors (Lipinski definition) is 4. The summed E-state index contributed by atoms with van der Waals surface area (Å²) >= 11 is 0. The molecule has 194 valence electrons. The van der Waals surface area contributed by atoms with E-state index in [2.05, 4.69) is 34.1 Å². The fourth-order valence-electron chi connectivity index (χ4n) is 4.73. The summed E-state index contributed by atoms with van der Waals surface area (Å²) in [7, 11) is 0. The minimum Gasteiger partial charge on any atom is -0.494 e. The number of likely N-dealkylation sites (tertiary alicyclic amines) is 1. The number of rotatable bonds is 8. The van der Waals surface area contributed by atoms with Gasteiger partial charge in [0.15, 0.2) is 5.88 Å². The molecule has 0 aliphatic carbocycles. The van der Waals surface area contributed by atoms with Crippen LogP contribution in [0.4, 0.5) is 5.69 Å². The highest BCUT2D eigenvalue weighted by molar-refractivity contribution is 6.14. The maximum atomic E-state index is 12.7. The molecule has 0 bridgehead atoms. The van der Waals surface area contributed by atoms with Gasteiger partial charge in [0, 0.05) is 42.1 Å². The molecule has 3 heterocycles. The van der Waals surface area contributed by atoms with Gasteiger partial charge in [-0.1, -0.05) is 6.92 Å². The van der Waals surface area contributed by atoms with Crippen molar-refractivity contribution in [1.82, 2.24) is 25.0 Å². The molecule has 0 atom stereocenters. The van der Waals surface area contributed by atoms with Gasteiger partial charge in [-0.05, 0) is 65.2 Å². The van der Waals surface area contributed by atoms with Crippen molar-refractivity contribution in [3.8, 4) is 5.88 Å². The fraction of sp³-hybridized carbons (Fsp3) is 0.519. The number of hydrogen-bond acceptors (Lipinski definition) is 6. The Morgan fingerprint density at radius 2 is 2.03 bits per heavy atom. The molecule has 2 aromatic heterocycles. The minimum atomic E-state index is -1.00. The van der Waals surface area contributed by atoms with Gasteiger partial charge in [-0.25, -0.2) is 4.99 Å². The van der Waals surface area contributed by atoms with E-state index in [1.54, 1.807) is 38.2 Å². The number of aromatic hydroxyl groups is 1. The highest BCUT2D eigenvalue weighted by Crippen LogP contribution is 2.31. The van der Waals surface area contributed by atoms with Crippen molar-refractivity contribution < 1.29 is 15.0 Å². The number of amides is 1. The van der Waals surface area contributed by atoms with Crippen LogP contribution in [0.15, 0.2) is 35.6 Å². The third-order valence-corrected chi connectivity index (χ3v) is 6.80. The van der Waals surface area contributed by atoms with E-state index in [-0.39, 0.29) is 18.3 Å². The van der Waals surface area contributed by atoms with Crippen molar-refractivity contribution in [2.45, 2.75) is 71.6 Å². The summed E-state index contributed by atoms with van der Waals surface area (Å²) in [6.45, 7) is 12.0. The summed E-state index contributed by atoms with van der Waals surface area (Å²) in [6, 6.07) is 6.14. The van der Waals surface area contributed by atoms with Gasteiger partial charge in [-0.2, -0.15) is 5.10 Å². The predicted molar refractivity (Wildman–Crippen MR) is 142 cm³/mol. The second-order valence-corrected chi connectivity index (χ2v) is 10.6. The first-order valence-corrected chi connectivity index (χ1v) is 12.8. The number of aliphatic hydroxyl groups is 1. The molecule has 0 saturated carbocycles. The molecule has 36 heavy (non-hydrogen) atoms. The van der Waals surface area contributed by atoms with Crippen LogP contribution in [0.25, 0.3) is 10.9 Å². The average Bonchev–Trinajstić information content (AvgIpc) is 3.43. The maximum absolute atomic E-state index is 12.7. The van der Waals surface area contributed by atoms with Crippen LogP contribution < -0.4 is 5.32 Å². The molecular formula is C27H38N6O3. The van der Waals surface area contributed by atoms with Crippen LogP contribution in [0.5, 0.6) is 5.88 Å². The second-order valence-electron chi connectivity index (χ2n) is 10.6. The lowest BCUT2D eigenvalue weighted by Gasteiger charge is -2.34. The number of aromatic nitrogens is 3. The van der Waals surface area contributed by atoms with Crippen LogP contribution in [0.3, 0.4) is 0 Å². The molecule has 9 heteroatoms. The zero-order valence-electron chi connectivity index (χ0n) is 21.9. The van der Waals surface area contributed by atoms with E-state index >= 15 is 0 Å². The second kappa shape index (κ2) is 10.4. The topological polar surface area (TPSA) is 119 Å². The van der Waals surface area contributed by atoms with Gasteiger partial charge in [0.2, 0.25) is 0 Å². The number of carbonyl (C=O) groups is 1. The van der Waals surface area contributed by atoms with E-state index < -0.39 is 5.60 Å². The molecule has 1 amide bonds. The summed E-state index contributed by atoms with van der Waals surface area (Å²) in [6.07, 6.45) is 6.46. The number of fused-ring (bicyclic) bond motifs is 1. The monoisotopic (exact) mass is 494 g/mol. The Balaban J connectivity index is 1.58. The third-order valence-electron chi connectivity index (χ3n) is 6.80. The number of carbonyl (C=O) groups excluding carboxylic acids is 1. The Bertz CT molecular complexity index is 1240. The predicted octanol–water partition coefficient (Wildman–Crippen LogP) is 4.15. The number of aromatic amines is 1. The molecule has 1 aliphatic heterocycles. The molecule has 3 aromatic rings. The first-order chi connectivity index (χ1) is 17.1. The first kappa shape index (κ1) is 25.9. The third kappa shape index (κ3) is 5.79. The van der Waals surface area contributed by atoms with E-state index in [4.69, 9.17) is 4.99 Å². The van der Waals surface area contributed by atoms with Gasteiger partial charge in [-0.3, -0.25) is 9.48 Å². The highest BCUT2D eigenvalue weighted by atomic mass is 16.3. The molecule has 1 saturated heterocycles.